The fourth-order valence-electron chi connectivity index (χ4n) is 2.63. The van der Waals surface area contributed by atoms with Crippen LogP contribution in [0.2, 0.25) is 0 Å². The van der Waals surface area contributed by atoms with Crippen molar-refractivity contribution in [3.05, 3.63) is 36.0 Å². The summed E-state index contributed by atoms with van der Waals surface area (Å²) in [5.74, 6) is 2.34. The SMILES string of the molecule is COc1cccc(-c2cc(CCNC(=O)C(C)C3CC3)no2)c1. The number of hydrogen-bond donors (Lipinski definition) is 1. The molecular formula is C18H22N2O3. The fourth-order valence-corrected chi connectivity index (χ4v) is 2.63. The summed E-state index contributed by atoms with van der Waals surface area (Å²) < 4.78 is 10.6. The highest BCUT2D eigenvalue weighted by Gasteiger charge is 2.32. The predicted molar refractivity (Wildman–Crippen MR) is 87.1 cm³/mol. The van der Waals surface area contributed by atoms with E-state index in [-0.39, 0.29) is 11.8 Å². The van der Waals surface area contributed by atoms with Gasteiger partial charge in [0, 0.05) is 30.5 Å². The van der Waals surface area contributed by atoms with E-state index in [9.17, 15) is 4.79 Å². The minimum Gasteiger partial charge on any atom is -0.497 e. The number of nitrogens with one attached hydrogen (secondary N) is 1. The van der Waals surface area contributed by atoms with Crippen molar-refractivity contribution in [3.63, 3.8) is 0 Å². The monoisotopic (exact) mass is 314 g/mol. The Bertz CT molecular complexity index is 676. The lowest BCUT2D eigenvalue weighted by atomic mass is 10.1. The normalized spacial score (nSPS) is 15.2. The summed E-state index contributed by atoms with van der Waals surface area (Å²) in [5.41, 5.74) is 1.76. The Balaban J connectivity index is 1.53. The van der Waals surface area contributed by atoms with Crippen LogP contribution in [0, 0.1) is 11.8 Å². The minimum absolute atomic E-state index is 0.125. The van der Waals surface area contributed by atoms with Gasteiger partial charge in [-0.25, -0.2) is 0 Å². The van der Waals surface area contributed by atoms with E-state index in [1.54, 1.807) is 7.11 Å². The van der Waals surface area contributed by atoms with Gasteiger partial charge in [-0.3, -0.25) is 4.79 Å². The van der Waals surface area contributed by atoms with E-state index in [0.717, 1.165) is 17.0 Å². The van der Waals surface area contributed by atoms with Crippen LogP contribution in [0.5, 0.6) is 5.75 Å². The van der Waals surface area contributed by atoms with Gasteiger partial charge >= 0.3 is 0 Å². The Morgan fingerprint density at radius 1 is 1.43 bits per heavy atom. The highest BCUT2D eigenvalue weighted by Crippen LogP contribution is 2.36. The molecule has 0 bridgehead atoms. The van der Waals surface area contributed by atoms with Gasteiger partial charge in [-0.05, 0) is 30.9 Å². The predicted octanol–water partition coefficient (Wildman–Crippen LogP) is 3.06. The zero-order valence-corrected chi connectivity index (χ0v) is 13.5. The maximum absolute atomic E-state index is 11.9. The number of aromatic nitrogens is 1. The maximum atomic E-state index is 11.9. The van der Waals surface area contributed by atoms with E-state index >= 15 is 0 Å². The first-order valence-corrected chi connectivity index (χ1v) is 8.05. The van der Waals surface area contributed by atoms with Crippen LogP contribution >= 0.6 is 0 Å². The van der Waals surface area contributed by atoms with Crippen molar-refractivity contribution in [2.75, 3.05) is 13.7 Å². The highest BCUT2D eigenvalue weighted by molar-refractivity contribution is 5.78. The molecule has 0 saturated heterocycles. The van der Waals surface area contributed by atoms with Gasteiger partial charge in [0.1, 0.15) is 5.75 Å². The molecule has 0 aliphatic heterocycles. The Kier molecular flexibility index (Phi) is 4.65. The Morgan fingerprint density at radius 2 is 2.26 bits per heavy atom. The molecular weight excluding hydrogens is 292 g/mol. The number of carbonyl (C=O) groups excluding carboxylic acids is 1. The summed E-state index contributed by atoms with van der Waals surface area (Å²) in [6.45, 7) is 2.59. The van der Waals surface area contributed by atoms with Crippen LogP contribution in [0.4, 0.5) is 0 Å². The zero-order chi connectivity index (χ0) is 16.2. The standard InChI is InChI=1S/C18H22N2O3/c1-12(13-6-7-13)18(21)19-9-8-15-11-17(23-20-15)14-4-3-5-16(10-14)22-2/h3-5,10-13H,6-9H2,1-2H3,(H,19,21). The molecule has 5 heteroatoms. The molecule has 0 spiro atoms. The number of ether oxygens (including phenoxy) is 1. The van der Waals surface area contributed by atoms with Crippen molar-refractivity contribution < 1.29 is 14.1 Å². The van der Waals surface area contributed by atoms with Gasteiger partial charge in [0.05, 0.1) is 12.8 Å². The number of carbonyl (C=O) groups is 1. The minimum atomic E-state index is 0.125. The van der Waals surface area contributed by atoms with E-state index in [4.69, 9.17) is 9.26 Å². The summed E-state index contributed by atoms with van der Waals surface area (Å²) in [7, 11) is 1.64. The van der Waals surface area contributed by atoms with Gasteiger partial charge in [0.2, 0.25) is 5.91 Å². The molecule has 122 valence electrons. The van der Waals surface area contributed by atoms with Gasteiger partial charge in [-0.1, -0.05) is 24.2 Å². The van der Waals surface area contributed by atoms with Gasteiger partial charge in [0.25, 0.3) is 0 Å². The first-order valence-electron chi connectivity index (χ1n) is 8.05. The molecule has 1 unspecified atom stereocenters. The second-order valence-electron chi connectivity index (χ2n) is 6.08. The molecule has 3 rings (SSSR count). The quantitative estimate of drug-likeness (QED) is 0.853. The molecule has 5 nitrogen and oxygen atoms in total. The lowest BCUT2D eigenvalue weighted by Gasteiger charge is -2.09. The van der Waals surface area contributed by atoms with Gasteiger partial charge in [-0.15, -0.1) is 0 Å². The third-order valence-electron chi connectivity index (χ3n) is 4.34. The van der Waals surface area contributed by atoms with Gasteiger partial charge in [-0.2, -0.15) is 0 Å². The Labute approximate surface area is 136 Å². The van der Waals surface area contributed by atoms with Crippen LogP contribution in [-0.4, -0.2) is 24.7 Å². The van der Waals surface area contributed by atoms with Crippen LogP contribution in [0.25, 0.3) is 11.3 Å². The summed E-state index contributed by atoms with van der Waals surface area (Å²) in [5, 5.41) is 7.05. The Hall–Kier alpha value is -2.30. The molecule has 1 amide bonds. The molecule has 1 aromatic carbocycles. The molecule has 0 radical (unpaired) electrons. The molecule has 1 atom stereocenters. The summed E-state index contributed by atoms with van der Waals surface area (Å²) in [4.78, 5) is 11.9. The molecule has 1 aromatic heterocycles. The number of hydrogen-bond acceptors (Lipinski definition) is 4. The fraction of sp³-hybridized carbons (Fsp3) is 0.444. The van der Waals surface area contributed by atoms with E-state index in [1.165, 1.54) is 12.8 Å². The van der Waals surface area contributed by atoms with Crippen LogP contribution < -0.4 is 10.1 Å². The van der Waals surface area contributed by atoms with Crippen molar-refractivity contribution in [2.24, 2.45) is 11.8 Å². The molecule has 2 aromatic rings. The van der Waals surface area contributed by atoms with E-state index in [0.29, 0.717) is 24.6 Å². The molecule has 1 N–H and O–H groups in total. The second-order valence-corrected chi connectivity index (χ2v) is 6.08. The topological polar surface area (TPSA) is 64.4 Å². The molecule has 1 aliphatic carbocycles. The first-order chi connectivity index (χ1) is 11.2. The van der Waals surface area contributed by atoms with Gasteiger partial charge < -0.3 is 14.6 Å². The van der Waals surface area contributed by atoms with Crippen molar-refractivity contribution in [3.8, 4) is 17.1 Å². The molecule has 1 fully saturated rings. The van der Waals surface area contributed by atoms with Crippen molar-refractivity contribution in [1.82, 2.24) is 10.5 Å². The van der Waals surface area contributed by atoms with E-state index in [2.05, 4.69) is 10.5 Å². The van der Waals surface area contributed by atoms with Crippen LogP contribution in [-0.2, 0) is 11.2 Å². The number of methoxy groups -OCH3 is 1. The number of amides is 1. The van der Waals surface area contributed by atoms with Crippen molar-refractivity contribution in [1.29, 1.82) is 0 Å². The largest absolute Gasteiger partial charge is 0.497 e. The van der Waals surface area contributed by atoms with Crippen molar-refractivity contribution >= 4 is 5.91 Å². The lowest BCUT2D eigenvalue weighted by molar-refractivity contribution is -0.125. The molecule has 1 heterocycles. The maximum Gasteiger partial charge on any atom is 0.223 e. The molecule has 23 heavy (non-hydrogen) atoms. The molecule has 1 aliphatic rings. The smallest absolute Gasteiger partial charge is 0.223 e. The van der Waals surface area contributed by atoms with Crippen LogP contribution in [0.15, 0.2) is 34.9 Å². The van der Waals surface area contributed by atoms with Crippen LogP contribution in [0.1, 0.15) is 25.5 Å². The summed E-state index contributed by atoms with van der Waals surface area (Å²) in [6, 6.07) is 9.56. The van der Waals surface area contributed by atoms with Crippen molar-refractivity contribution in [2.45, 2.75) is 26.2 Å². The van der Waals surface area contributed by atoms with E-state index < -0.39 is 0 Å². The Morgan fingerprint density at radius 3 is 3.00 bits per heavy atom. The zero-order valence-electron chi connectivity index (χ0n) is 13.5. The average molecular weight is 314 g/mol. The number of rotatable bonds is 7. The first kappa shape index (κ1) is 15.6. The van der Waals surface area contributed by atoms with E-state index in [1.807, 2.05) is 37.3 Å². The number of benzene rings is 1. The summed E-state index contributed by atoms with van der Waals surface area (Å²) >= 11 is 0. The highest BCUT2D eigenvalue weighted by atomic mass is 16.5. The average Bonchev–Trinajstić information content (AvgIpc) is 3.33. The van der Waals surface area contributed by atoms with Gasteiger partial charge in [0.15, 0.2) is 5.76 Å². The lowest BCUT2D eigenvalue weighted by Crippen LogP contribution is -2.31. The van der Waals surface area contributed by atoms with Crippen LogP contribution in [0.3, 0.4) is 0 Å². The third kappa shape index (κ3) is 3.92. The molecule has 1 saturated carbocycles. The second kappa shape index (κ2) is 6.86. The summed E-state index contributed by atoms with van der Waals surface area (Å²) in [6.07, 6.45) is 3.03. The number of nitrogens with zero attached hydrogens (tertiary/aromatic N) is 1. The third-order valence-corrected chi connectivity index (χ3v) is 4.34.